The van der Waals surface area contributed by atoms with Crippen LogP contribution in [0.1, 0.15) is 32.8 Å². The van der Waals surface area contributed by atoms with E-state index in [9.17, 15) is 8.42 Å². The Hall–Kier alpha value is -0.620. The Morgan fingerprint density at radius 3 is 2.71 bits per heavy atom. The van der Waals surface area contributed by atoms with Crippen LogP contribution in [0.3, 0.4) is 0 Å². The molecule has 0 radical (unpaired) electrons. The predicted molar refractivity (Wildman–Crippen MR) is 86.0 cm³/mol. The number of halogens is 1. The van der Waals surface area contributed by atoms with Crippen molar-refractivity contribution < 1.29 is 8.42 Å². The van der Waals surface area contributed by atoms with E-state index in [1.165, 1.54) is 0 Å². The van der Waals surface area contributed by atoms with Crippen molar-refractivity contribution in [3.8, 4) is 0 Å². The Bertz CT molecular complexity index is 602. The molecular weight excluding hydrogens is 308 g/mol. The van der Waals surface area contributed by atoms with Crippen LogP contribution >= 0.6 is 11.6 Å². The van der Waals surface area contributed by atoms with E-state index < -0.39 is 10.0 Å². The Morgan fingerprint density at radius 2 is 2.14 bits per heavy atom. The molecule has 1 N–H and O–H groups in total. The molecule has 1 heterocycles. The van der Waals surface area contributed by atoms with Gasteiger partial charge < -0.3 is 5.32 Å². The third-order valence-electron chi connectivity index (χ3n) is 3.74. The molecule has 0 aliphatic carbocycles. The summed E-state index contributed by atoms with van der Waals surface area (Å²) in [4.78, 5) is 0.335. The summed E-state index contributed by atoms with van der Waals surface area (Å²) in [5.74, 6) is 0.425. The minimum Gasteiger partial charge on any atom is -0.310 e. The van der Waals surface area contributed by atoms with E-state index in [2.05, 4.69) is 12.2 Å². The highest BCUT2D eigenvalue weighted by molar-refractivity contribution is 7.89. The van der Waals surface area contributed by atoms with Gasteiger partial charge in [0.2, 0.25) is 10.0 Å². The maximum atomic E-state index is 12.6. The Morgan fingerprint density at radius 1 is 1.43 bits per heavy atom. The second-order valence-electron chi connectivity index (χ2n) is 6.05. The highest BCUT2D eigenvalue weighted by Crippen LogP contribution is 2.27. The fourth-order valence-electron chi connectivity index (χ4n) is 2.42. The first-order valence-electron chi connectivity index (χ1n) is 7.32. The second kappa shape index (κ2) is 6.65. The Labute approximate surface area is 132 Å². The Kier molecular flexibility index (Phi) is 5.30. The molecule has 1 unspecified atom stereocenters. The van der Waals surface area contributed by atoms with Gasteiger partial charge in [0.25, 0.3) is 0 Å². The molecule has 6 heteroatoms. The number of hydrogen-bond acceptors (Lipinski definition) is 3. The summed E-state index contributed by atoms with van der Waals surface area (Å²) in [6.07, 6.45) is 0.925. The van der Waals surface area contributed by atoms with E-state index in [0.29, 0.717) is 41.5 Å². The van der Waals surface area contributed by atoms with E-state index in [0.717, 1.165) is 12.0 Å². The lowest BCUT2D eigenvalue weighted by atomic mass is 10.2. The minimum absolute atomic E-state index is 0.320. The summed E-state index contributed by atoms with van der Waals surface area (Å²) in [7, 11) is -3.40. The first-order valence-corrected chi connectivity index (χ1v) is 9.14. The van der Waals surface area contributed by atoms with Crippen LogP contribution in [0, 0.1) is 5.92 Å². The summed E-state index contributed by atoms with van der Waals surface area (Å²) in [6, 6.07) is 5.28. The third kappa shape index (κ3) is 3.97. The van der Waals surface area contributed by atoms with Crippen molar-refractivity contribution in [2.24, 2.45) is 5.92 Å². The summed E-state index contributed by atoms with van der Waals surface area (Å²) >= 11 is 6.16. The summed E-state index contributed by atoms with van der Waals surface area (Å²) in [6.45, 7) is 7.93. The van der Waals surface area contributed by atoms with Gasteiger partial charge in [0, 0.05) is 30.7 Å². The zero-order chi connectivity index (χ0) is 15.6. The van der Waals surface area contributed by atoms with Crippen LogP contribution < -0.4 is 5.32 Å². The molecule has 21 heavy (non-hydrogen) atoms. The predicted octanol–water partition coefficient (Wildman–Crippen LogP) is 2.87. The first kappa shape index (κ1) is 16.7. The van der Waals surface area contributed by atoms with Crippen LogP contribution in [-0.2, 0) is 16.6 Å². The summed E-state index contributed by atoms with van der Waals surface area (Å²) in [5.41, 5.74) is 0.818. The van der Waals surface area contributed by atoms with Crippen molar-refractivity contribution >= 4 is 21.6 Å². The monoisotopic (exact) mass is 330 g/mol. The van der Waals surface area contributed by atoms with Crippen molar-refractivity contribution in [1.82, 2.24) is 9.62 Å². The van der Waals surface area contributed by atoms with Crippen LogP contribution in [0.2, 0.25) is 5.02 Å². The van der Waals surface area contributed by atoms with E-state index >= 15 is 0 Å². The van der Waals surface area contributed by atoms with Gasteiger partial charge in [-0.2, -0.15) is 4.31 Å². The van der Waals surface area contributed by atoms with Gasteiger partial charge in [0.15, 0.2) is 0 Å². The van der Waals surface area contributed by atoms with Crippen molar-refractivity contribution in [3.05, 3.63) is 28.8 Å². The molecule has 2 rings (SSSR count). The lowest BCUT2D eigenvalue weighted by Gasteiger charge is -2.17. The minimum atomic E-state index is -3.40. The van der Waals surface area contributed by atoms with Gasteiger partial charge in [-0.05, 0) is 36.1 Å². The van der Waals surface area contributed by atoms with Gasteiger partial charge in [-0.25, -0.2) is 8.42 Å². The van der Waals surface area contributed by atoms with Crippen molar-refractivity contribution in [1.29, 1.82) is 0 Å². The molecule has 4 nitrogen and oxygen atoms in total. The molecular formula is C15H23ClN2O2S. The molecule has 1 fully saturated rings. The molecule has 1 atom stereocenters. The molecule has 1 saturated heterocycles. The summed E-state index contributed by atoms with van der Waals surface area (Å²) in [5, 5.41) is 3.86. The standard InChI is InChI=1S/C15H23ClN2O2S/c1-11(2)17-9-13-8-14(4-5-15(13)16)21(19,20)18-7-6-12(3)10-18/h4-5,8,11-12,17H,6-7,9-10H2,1-3H3. The van der Waals surface area contributed by atoms with E-state index in [-0.39, 0.29) is 0 Å². The molecule has 0 bridgehead atoms. The SMILES string of the molecule is CC1CCN(S(=O)(=O)c2ccc(Cl)c(CNC(C)C)c2)C1. The van der Waals surface area contributed by atoms with Gasteiger partial charge in [0.05, 0.1) is 4.90 Å². The second-order valence-corrected chi connectivity index (χ2v) is 8.39. The summed E-state index contributed by atoms with van der Waals surface area (Å²) < 4.78 is 26.9. The van der Waals surface area contributed by atoms with Crippen LogP contribution in [-0.4, -0.2) is 31.9 Å². The van der Waals surface area contributed by atoms with Gasteiger partial charge in [0.1, 0.15) is 0 Å². The number of sulfonamides is 1. The fourth-order valence-corrected chi connectivity index (χ4v) is 4.23. The number of benzene rings is 1. The van der Waals surface area contributed by atoms with Crippen molar-refractivity contribution in [2.75, 3.05) is 13.1 Å². The van der Waals surface area contributed by atoms with Gasteiger partial charge >= 0.3 is 0 Å². The normalized spacial score (nSPS) is 20.3. The molecule has 0 aromatic heterocycles. The molecule has 1 aromatic carbocycles. The van der Waals surface area contributed by atoms with Crippen LogP contribution in [0.4, 0.5) is 0 Å². The van der Waals surface area contributed by atoms with Crippen molar-refractivity contribution in [2.45, 2.75) is 44.7 Å². The lowest BCUT2D eigenvalue weighted by molar-refractivity contribution is 0.464. The molecule has 118 valence electrons. The van der Waals surface area contributed by atoms with Crippen LogP contribution in [0.15, 0.2) is 23.1 Å². The highest BCUT2D eigenvalue weighted by Gasteiger charge is 2.30. The highest BCUT2D eigenvalue weighted by atomic mass is 35.5. The van der Waals surface area contributed by atoms with E-state index in [1.54, 1.807) is 22.5 Å². The number of hydrogen-bond donors (Lipinski definition) is 1. The van der Waals surface area contributed by atoms with Gasteiger partial charge in [-0.15, -0.1) is 0 Å². The number of nitrogens with zero attached hydrogens (tertiary/aromatic N) is 1. The fraction of sp³-hybridized carbons (Fsp3) is 0.600. The van der Waals surface area contributed by atoms with Crippen LogP contribution in [0.25, 0.3) is 0 Å². The maximum Gasteiger partial charge on any atom is 0.243 e. The largest absolute Gasteiger partial charge is 0.310 e. The molecule has 1 aliphatic rings. The van der Waals surface area contributed by atoms with Gasteiger partial charge in [-0.1, -0.05) is 32.4 Å². The molecule has 0 amide bonds. The average Bonchev–Trinajstić information content (AvgIpc) is 2.85. The Balaban J connectivity index is 2.25. The number of nitrogens with one attached hydrogen (secondary N) is 1. The topological polar surface area (TPSA) is 49.4 Å². The third-order valence-corrected chi connectivity index (χ3v) is 5.97. The molecule has 0 spiro atoms. The quantitative estimate of drug-likeness (QED) is 0.903. The van der Waals surface area contributed by atoms with E-state index in [1.807, 2.05) is 13.8 Å². The average molecular weight is 331 g/mol. The van der Waals surface area contributed by atoms with Crippen molar-refractivity contribution in [3.63, 3.8) is 0 Å². The molecule has 1 aromatic rings. The van der Waals surface area contributed by atoms with Gasteiger partial charge in [-0.3, -0.25) is 0 Å². The maximum absolute atomic E-state index is 12.6. The van der Waals surface area contributed by atoms with E-state index in [4.69, 9.17) is 11.6 Å². The zero-order valence-electron chi connectivity index (χ0n) is 12.8. The molecule has 1 aliphatic heterocycles. The number of rotatable bonds is 5. The lowest BCUT2D eigenvalue weighted by Crippen LogP contribution is -2.29. The smallest absolute Gasteiger partial charge is 0.243 e. The molecule has 0 saturated carbocycles. The van der Waals surface area contributed by atoms with Crippen LogP contribution in [0.5, 0.6) is 0 Å². The first-order chi connectivity index (χ1) is 9.80. The zero-order valence-corrected chi connectivity index (χ0v) is 14.3.